The van der Waals surface area contributed by atoms with Gasteiger partial charge in [-0.05, 0) is 74.2 Å². The monoisotopic (exact) mass is 641 g/mol. The molecule has 0 radical (unpaired) electrons. The van der Waals surface area contributed by atoms with Crippen molar-refractivity contribution in [3.8, 4) is 11.4 Å². The van der Waals surface area contributed by atoms with Crippen molar-refractivity contribution in [2.75, 3.05) is 22.6 Å². The number of anilines is 3. The van der Waals surface area contributed by atoms with E-state index < -0.39 is 0 Å². The number of urea groups is 1. The second-order valence-corrected chi connectivity index (χ2v) is 11.9. The van der Waals surface area contributed by atoms with Crippen LogP contribution < -0.4 is 20.7 Å². The lowest BCUT2D eigenvalue weighted by molar-refractivity contribution is 0.262. The maximum Gasteiger partial charge on any atom is 0.324 e. The standard InChI is InChI=1S/C39H43N7O2/c1-27(2)36-26-37(46(45-36)33-18-16-28(3)17-19-33)44-39(47)43-35-21-20-34(15-11-6-8-12-29(35)4)48-25-23-32-22-24-40-38(42-32)41-30(5)31-13-9-7-10-14-31/h6-22,24,26-27,30H,23,25H2,1-5H3,(H,40,41,42)(H2,43,44,47). The molecular formula is C39H43N7O2. The zero-order valence-corrected chi connectivity index (χ0v) is 28.1. The van der Waals surface area contributed by atoms with Crippen LogP contribution in [0.4, 0.5) is 22.2 Å². The van der Waals surface area contributed by atoms with Crippen LogP contribution >= 0.6 is 0 Å². The van der Waals surface area contributed by atoms with E-state index in [1.165, 1.54) is 0 Å². The molecule has 2 amide bonds. The Bertz CT molecular complexity index is 1870. The number of hydrogen-bond acceptors (Lipinski definition) is 6. The Morgan fingerprint density at radius 3 is 2.31 bits per heavy atom. The predicted octanol–water partition coefficient (Wildman–Crippen LogP) is 8.97. The average Bonchev–Trinajstić information content (AvgIpc) is 3.50. The number of benzene rings is 2. The number of ether oxygens (including phenoxy) is 1. The summed E-state index contributed by atoms with van der Waals surface area (Å²) in [6.07, 6.45) is 2.36. The van der Waals surface area contributed by atoms with Gasteiger partial charge in [-0.1, -0.05) is 86.1 Å². The highest BCUT2D eigenvalue weighted by molar-refractivity contribution is 5.99. The summed E-state index contributed by atoms with van der Waals surface area (Å²) in [5.74, 6) is 2.01. The molecular weight excluding hydrogens is 598 g/mol. The Kier molecular flexibility index (Phi) is 11.4. The number of aromatic nitrogens is 4. The Morgan fingerprint density at radius 1 is 0.833 bits per heavy atom. The van der Waals surface area contributed by atoms with Gasteiger partial charge in [0, 0.05) is 30.1 Å². The first-order valence-electron chi connectivity index (χ1n) is 16.2. The van der Waals surface area contributed by atoms with Crippen molar-refractivity contribution in [2.24, 2.45) is 0 Å². The van der Waals surface area contributed by atoms with Crippen LogP contribution in [0.1, 0.15) is 60.8 Å². The number of carbonyl (C=O) groups excluding carboxylic acids is 1. The Labute approximate surface area is 282 Å². The van der Waals surface area contributed by atoms with E-state index in [1.807, 2.05) is 111 Å². The van der Waals surface area contributed by atoms with Crippen LogP contribution in [0.3, 0.4) is 0 Å². The summed E-state index contributed by atoms with van der Waals surface area (Å²) in [5, 5.41) is 14.1. The van der Waals surface area contributed by atoms with E-state index in [1.54, 1.807) is 10.9 Å². The fourth-order valence-corrected chi connectivity index (χ4v) is 4.91. The molecule has 48 heavy (non-hydrogen) atoms. The first-order chi connectivity index (χ1) is 23.2. The van der Waals surface area contributed by atoms with Crippen molar-refractivity contribution in [3.63, 3.8) is 0 Å². The summed E-state index contributed by atoms with van der Waals surface area (Å²) < 4.78 is 7.91. The molecule has 0 bridgehead atoms. The van der Waals surface area contributed by atoms with Crippen LogP contribution in [0.25, 0.3) is 5.69 Å². The van der Waals surface area contributed by atoms with E-state index in [0.717, 1.165) is 33.8 Å². The molecule has 3 N–H and O–H groups in total. The predicted molar refractivity (Wildman–Crippen MR) is 194 cm³/mol. The van der Waals surface area contributed by atoms with Gasteiger partial charge in [0.2, 0.25) is 5.95 Å². The molecule has 3 aromatic carbocycles. The fraction of sp³-hybridized carbons (Fsp3) is 0.231. The summed E-state index contributed by atoms with van der Waals surface area (Å²) in [4.78, 5) is 22.4. The first kappa shape index (κ1) is 33.7. The third-order valence-electron chi connectivity index (χ3n) is 7.74. The van der Waals surface area contributed by atoms with Crippen molar-refractivity contribution < 1.29 is 9.53 Å². The van der Waals surface area contributed by atoms with Gasteiger partial charge in [0.05, 0.1) is 24.0 Å². The van der Waals surface area contributed by atoms with Crippen LogP contribution in [-0.4, -0.2) is 32.4 Å². The highest BCUT2D eigenvalue weighted by Gasteiger charge is 2.15. The van der Waals surface area contributed by atoms with E-state index in [9.17, 15) is 4.79 Å². The third-order valence-corrected chi connectivity index (χ3v) is 7.74. The van der Waals surface area contributed by atoms with Crippen molar-refractivity contribution in [3.05, 3.63) is 143 Å². The van der Waals surface area contributed by atoms with Gasteiger partial charge in [0.15, 0.2) is 0 Å². The van der Waals surface area contributed by atoms with E-state index in [-0.39, 0.29) is 18.0 Å². The van der Waals surface area contributed by atoms with Gasteiger partial charge in [-0.3, -0.25) is 5.32 Å². The molecule has 2 heterocycles. The number of nitrogens with one attached hydrogen (secondary N) is 3. The minimum atomic E-state index is -0.375. The lowest BCUT2D eigenvalue weighted by Crippen LogP contribution is -2.21. The molecule has 1 atom stereocenters. The van der Waals surface area contributed by atoms with Gasteiger partial charge in [-0.15, -0.1) is 0 Å². The smallest absolute Gasteiger partial charge is 0.324 e. The molecule has 1 unspecified atom stereocenters. The number of carbonyl (C=O) groups is 1. The maximum atomic E-state index is 13.3. The third kappa shape index (κ3) is 9.42. The molecule has 0 saturated carbocycles. The number of rotatable bonds is 11. The second-order valence-electron chi connectivity index (χ2n) is 11.9. The number of hydrogen-bond donors (Lipinski definition) is 3. The van der Waals surface area contributed by atoms with Gasteiger partial charge in [-0.25, -0.2) is 19.4 Å². The van der Waals surface area contributed by atoms with Gasteiger partial charge < -0.3 is 15.4 Å². The van der Waals surface area contributed by atoms with E-state index >= 15 is 0 Å². The normalized spacial score (nSPS) is 11.4. The van der Waals surface area contributed by atoms with E-state index in [2.05, 4.69) is 58.8 Å². The van der Waals surface area contributed by atoms with Crippen LogP contribution in [0.2, 0.25) is 0 Å². The largest absolute Gasteiger partial charge is 0.493 e. The van der Waals surface area contributed by atoms with Crippen LogP contribution in [0, 0.1) is 13.8 Å². The van der Waals surface area contributed by atoms with Gasteiger partial charge in [0.25, 0.3) is 0 Å². The number of amides is 2. The minimum Gasteiger partial charge on any atom is -0.493 e. The lowest BCUT2D eigenvalue weighted by Gasteiger charge is -2.14. The molecule has 5 aromatic rings. The van der Waals surface area contributed by atoms with Crippen LogP contribution in [0.15, 0.2) is 115 Å². The molecule has 246 valence electrons. The summed E-state index contributed by atoms with van der Waals surface area (Å²) in [7, 11) is 0. The van der Waals surface area contributed by atoms with Gasteiger partial charge in [-0.2, -0.15) is 5.10 Å². The molecule has 0 saturated heterocycles. The summed E-state index contributed by atoms with van der Waals surface area (Å²) in [6, 6.07) is 35.0. The van der Waals surface area contributed by atoms with E-state index in [4.69, 9.17) is 9.84 Å². The summed E-state index contributed by atoms with van der Waals surface area (Å²) >= 11 is 0. The Balaban J connectivity index is 1.26. The molecule has 5 rings (SSSR count). The SMILES string of the molecule is Cc1ccc(-n2nc(C(C)C)cc2NC(=O)Nc2ccc(OCCc3ccnc(NC(C)c4ccccc4)n3)cccccc2C)cc1. The average molecular weight is 642 g/mol. The highest BCUT2D eigenvalue weighted by Crippen LogP contribution is 2.23. The maximum absolute atomic E-state index is 13.3. The van der Waals surface area contributed by atoms with E-state index in [0.29, 0.717) is 36.2 Å². The lowest BCUT2D eigenvalue weighted by atomic mass is 10.1. The fourth-order valence-electron chi connectivity index (χ4n) is 4.91. The molecule has 0 aliphatic rings. The number of aryl methyl sites for hydroxylation is 2. The van der Waals surface area contributed by atoms with Crippen molar-refractivity contribution >= 4 is 23.5 Å². The minimum absolute atomic E-state index is 0.0750. The molecule has 0 aliphatic carbocycles. The van der Waals surface area contributed by atoms with Crippen molar-refractivity contribution in [1.29, 1.82) is 0 Å². The van der Waals surface area contributed by atoms with Gasteiger partial charge in [0.1, 0.15) is 11.6 Å². The summed E-state index contributed by atoms with van der Waals surface area (Å²) in [5.41, 5.74) is 6.46. The van der Waals surface area contributed by atoms with Gasteiger partial charge >= 0.3 is 6.03 Å². The molecule has 2 aromatic heterocycles. The second kappa shape index (κ2) is 16.2. The topological polar surface area (TPSA) is 106 Å². The summed E-state index contributed by atoms with van der Waals surface area (Å²) in [6.45, 7) is 10.6. The first-order valence-corrected chi connectivity index (χ1v) is 16.2. The van der Waals surface area contributed by atoms with Crippen LogP contribution in [0.5, 0.6) is 5.75 Å². The van der Waals surface area contributed by atoms with Crippen molar-refractivity contribution in [2.45, 2.75) is 53.0 Å². The zero-order valence-electron chi connectivity index (χ0n) is 28.1. The molecule has 9 heteroatoms. The molecule has 0 spiro atoms. The molecule has 0 fully saturated rings. The Morgan fingerprint density at radius 2 is 1.56 bits per heavy atom. The number of nitrogens with zero attached hydrogens (tertiary/aromatic N) is 4. The Hall–Kier alpha value is -5.70. The molecule has 9 nitrogen and oxygen atoms in total. The molecule has 0 aliphatic heterocycles. The van der Waals surface area contributed by atoms with Crippen LogP contribution in [-0.2, 0) is 6.42 Å². The van der Waals surface area contributed by atoms with Crippen molar-refractivity contribution in [1.82, 2.24) is 19.7 Å². The quantitative estimate of drug-likeness (QED) is 0.133. The highest BCUT2D eigenvalue weighted by atomic mass is 16.5. The zero-order chi connectivity index (χ0) is 33.9.